The Morgan fingerprint density at radius 2 is 1.53 bits per heavy atom. The second kappa shape index (κ2) is 8.49. The van der Waals surface area contributed by atoms with Crippen LogP contribution in [0.25, 0.3) is 0 Å². The Labute approximate surface area is 176 Å². The third-order valence-corrected chi connectivity index (χ3v) is 5.20. The van der Waals surface area contributed by atoms with E-state index in [2.05, 4.69) is 20.9 Å². The molecule has 7 heteroatoms. The highest BCUT2D eigenvalue weighted by atomic mass is 16.2. The van der Waals surface area contributed by atoms with Crippen molar-refractivity contribution >= 4 is 23.2 Å². The smallest absolute Gasteiger partial charge is 0.278 e. The standard InChI is InChI=1S/C23H27N5O2/c1-13-9-16(4)21(17(5)10-13)25-23(30)22-18(6)28(27-26-22)12-20(29)24-19-8-7-14(2)15(3)11-19/h7-11H,12H2,1-6H3,(H,24,29)(H,25,30). The molecule has 2 N–H and O–H groups in total. The number of carbonyl (C=O) groups excluding carboxylic acids is 2. The number of aryl methyl sites for hydroxylation is 5. The predicted octanol–water partition coefficient (Wildman–Crippen LogP) is 4.02. The summed E-state index contributed by atoms with van der Waals surface area (Å²) in [5.74, 6) is -0.577. The van der Waals surface area contributed by atoms with Crippen molar-refractivity contribution in [3.05, 3.63) is 69.5 Å². The highest BCUT2D eigenvalue weighted by molar-refractivity contribution is 6.04. The van der Waals surface area contributed by atoms with Crippen LogP contribution in [0.1, 0.15) is 44.0 Å². The lowest BCUT2D eigenvalue weighted by Gasteiger charge is -2.12. The molecule has 0 saturated heterocycles. The zero-order chi connectivity index (χ0) is 22.0. The molecule has 0 radical (unpaired) electrons. The SMILES string of the molecule is Cc1cc(C)c(NC(=O)c2nnn(CC(=O)Nc3ccc(C)c(C)c3)c2C)c(C)c1. The topological polar surface area (TPSA) is 88.9 Å². The number of hydrogen-bond acceptors (Lipinski definition) is 4. The van der Waals surface area contributed by atoms with E-state index in [-0.39, 0.29) is 24.1 Å². The molecular formula is C23H27N5O2. The third-order valence-electron chi connectivity index (χ3n) is 5.20. The molecule has 0 aliphatic heterocycles. The molecular weight excluding hydrogens is 378 g/mol. The zero-order valence-corrected chi connectivity index (χ0v) is 18.3. The highest BCUT2D eigenvalue weighted by Gasteiger charge is 2.19. The fourth-order valence-corrected chi connectivity index (χ4v) is 3.43. The van der Waals surface area contributed by atoms with Gasteiger partial charge in [0.15, 0.2) is 5.69 Å². The summed E-state index contributed by atoms with van der Waals surface area (Å²) in [5.41, 5.74) is 7.60. The van der Waals surface area contributed by atoms with Gasteiger partial charge in [-0.15, -0.1) is 5.10 Å². The molecule has 0 atom stereocenters. The number of benzene rings is 2. The van der Waals surface area contributed by atoms with Gasteiger partial charge in [-0.2, -0.15) is 0 Å². The Hall–Kier alpha value is -3.48. The van der Waals surface area contributed by atoms with Gasteiger partial charge in [0.1, 0.15) is 6.54 Å². The number of hydrogen-bond donors (Lipinski definition) is 2. The number of aromatic nitrogens is 3. The predicted molar refractivity (Wildman–Crippen MR) is 118 cm³/mol. The van der Waals surface area contributed by atoms with Gasteiger partial charge in [0.25, 0.3) is 5.91 Å². The van der Waals surface area contributed by atoms with Gasteiger partial charge >= 0.3 is 0 Å². The summed E-state index contributed by atoms with van der Waals surface area (Å²) < 4.78 is 1.43. The summed E-state index contributed by atoms with van der Waals surface area (Å²) >= 11 is 0. The Kier molecular flexibility index (Phi) is 6.01. The molecule has 30 heavy (non-hydrogen) atoms. The van der Waals surface area contributed by atoms with E-state index < -0.39 is 0 Å². The molecule has 3 rings (SSSR count). The number of anilines is 2. The van der Waals surface area contributed by atoms with Gasteiger partial charge in [0.2, 0.25) is 5.91 Å². The van der Waals surface area contributed by atoms with E-state index in [9.17, 15) is 9.59 Å². The number of carbonyl (C=O) groups is 2. The third kappa shape index (κ3) is 4.56. The van der Waals surface area contributed by atoms with Gasteiger partial charge < -0.3 is 10.6 Å². The summed E-state index contributed by atoms with van der Waals surface area (Å²) in [6.45, 7) is 11.6. The molecule has 1 aromatic heterocycles. The van der Waals surface area contributed by atoms with E-state index in [0.29, 0.717) is 5.69 Å². The van der Waals surface area contributed by atoms with Crippen molar-refractivity contribution in [3.8, 4) is 0 Å². The maximum atomic E-state index is 12.8. The van der Waals surface area contributed by atoms with Gasteiger partial charge in [0, 0.05) is 11.4 Å². The van der Waals surface area contributed by atoms with Gasteiger partial charge in [-0.25, -0.2) is 4.68 Å². The number of nitrogens with one attached hydrogen (secondary N) is 2. The molecule has 0 bridgehead atoms. The van der Waals surface area contributed by atoms with E-state index in [4.69, 9.17) is 0 Å². The van der Waals surface area contributed by atoms with E-state index in [1.807, 2.05) is 65.0 Å². The van der Waals surface area contributed by atoms with E-state index >= 15 is 0 Å². The molecule has 0 unspecified atom stereocenters. The van der Waals surface area contributed by atoms with Crippen LogP contribution in [0.5, 0.6) is 0 Å². The molecule has 1 heterocycles. The average Bonchev–Trinajstić information content (AvgIpc) is 3.01. The van der Waals surface area contributed by atoms with Crippen molar-refractivity contribution in [2.24, 2.45) is 0 Å². The van der Waals surface area contributed by atoms with Crippen LogP contribution >= 0.6 is 0 Å². The minimum Gasteiger partial charge on any atom is -0.324 e. The van der Waals surface area contributed by atoms with Crippen molar-refractivity contribution in [3.63, 3.8) is 0 Å². The second-order valence-corrected chi connectivity index (χ2v) is 7.76. The van der Waals surface area contributed by atoms with Crippen LogP contribution in [0.3, 0.4) is 0 Å². The van der Waals surface area contributed by atoms with Crippen LogP contribution in [-0.4, -0.2) is 26.8 Å². The molecule has 0 aliphatic rings. The van der Waals surface area contributed by atoms with Crippen LogP contribution < -0.4 is 10.6 Å². The quantitative estimate of drug-likeness (QED) is 0.671. The lowest BCUT2D eigenvalue weighted by molar-refractivity contribution is -0.117. The summed E-state index contributed by atoms with van der Waals surface area (Å²) in [6, 6.07) is 9.78. The molecule has 2 aromatic carbocycles. The van der Waals surface area contributed by atoms with Crippen LogP contribution in [-0.2, 0) is 11.3 Å². The van der Waals surface area contributed by atoms with Gasteiger partial charge in [-0.05, 0) is 75.9 Å². The molecule has 0 saturated carbocycles. The molecule has 0 fully saturated rings. The van der Waals surface area contributed by atoms with Gasteiger partial charge in [-0.3, -0.25) is 9.59 Å². The van der Waals surface area contributed by atoms with Crippen LogP contribution in [0.4, 0.5) is 11.4 Å². The Morgan fingerprint density at radius 1 is 0.867 bits per heavy atom. The van der Waals surface area contributed by atoms with E-state index in [0.717, 1.165) is 39.2 Å². The Morgan fingerprint density at radius 3 is 2.17 bits per heavy atom. The van der Waals surface area contributed by atoms with Gasteiger partial charge in [0.05, 0.1) is 5.69 Å². The number of nitrogens with zero attached hydrogens (tertiary/aromatic N) is 3. The van der Waals surface area contributed by atoms with Crippen molar-refractivity contribution in [1.82, 2.24) is 15.0 Å². The summed E-state index contributed by atoms with van der Waals surface area (Å²) in [7, 11) is 0. The first-order valence-corrected chi connectivity index (χ1v) is 9.82. The maximum absolute atomic E-state index is 12.8. The monoisotopic (exact) mass is 405 g/mol. The molecule has 0 aliphatic carbocycles. The highest BCUT2D eigenvalue weighted by Crippen LogP contribution is 2.23. The Bertz CT molecular complexity index is 1110. The summed E-state index contributed by atoms with van der Waals surface area (Å²) in [4.78, 5) is 25.2. The Balaban J connectivity index is 1.71. The van der Waals surface area contributed by atoms with Crippen LogP contribution in [0.15, 0.2) is 30.3 Å². The maximum Gasteiger partial charge on any atom is 0.278 e. The normalized spacial score (nSPS) is 10.7. The average molecular weight is 406 g/mol. The van der Waals surface area contributed by atoms with E-state index in [1.165, 1.54) is 4.68 Å². The molecule has 156 valence electrons. The summed E-state index contributed by atoms with van der Waals surface area (Å²) in [5, 5.41) is 13.8. The van der Waals surface area contributed by atoms with Crippen LogP contribution in [0.2, 0.25) is 0 Å². The van der Waals surface area contributed by atoms with E-state index in [1.54, 1.807) is 6.92 Å². The summed E-state index contributed by atoms with van der Waals surface area (Å²) in [6.07, 6.45) is 0. The fourth-order valence-electron chi connectivity index (χ4n) is 3.43. The van der Waals surface area contributed by atoms with Crippen molar-refractivity contribution < 1.29 is 9.59 Å². The first-order chi connectivity index (χ1) is 14.2. The number of rotatable bonds is 5. The first kappa shape index (κ1) is 21.2. The minimum absolute atomic E-state index is 0.0262. The lowest BCUT2D eigenvalue weighted by atomic mass is 10.0. The van der Waals surface area contributed by atoms with Crippen molar-refractivity contribution in [2.45, 2.75) is 48.1 Å². The van der Waals surface area contributed by atoms with Crippen molar-refractivity contribution in [1.29, 1.82) is 0 Å². The number of amides is 2. The van der Waals surface area contributed by atoms with Crippen molar-refractivity contribution in [2.75, 3.05) is 10.6 Å². The fraction of sp³-hybridized carbons (Fsp3) is 0.304. The lowest BCUT2D eigenvalue weighted by Crippen LogP contribution is -2.21. The molecule has 2 amide bonds. The first-order valence-electron chi connectivity index (χ1n) is 9.82. The molecule has 0 spiro atoms. The molecule has 3 aromatic rings. The largest absolute Gasteiger partial charge is 0.324 e. The van der Waals surface area contributed by atoms with Crippen LogP contribution in [0, 0.1) is 41.5 Å². The molecule has 7 nitrogen and oxygen atoms in total. The van der Waals surface area contributed by atoms with Gasteiger partial charge in [-0.1, -0.05) is 29.0 Å². The zero-order valence-electron chi connectivity index (χ0n) is 18.3. The minimum atomic E-state index is -0.344. The second-order valence-electron chi connectivity index (χ2n) is 7.76.